The van der Waals surface area contributed by atoms with Crippen molar-refractivity contribution in [3.63, 3.8) is 0 Å². The number of epoxide rings is 1. The molecule has 4 aromatic rings. The molecule has 1 aliphatic heterocycles. The van der Waals surface area contributed by atoms with Gasteiger partial charge in [-0.2, -0.15) is 0 Å². The number of hydrogen-bond donors (Lipinski definition) is 2. The number of aliphatic hydroxyl groups is 2. The number of ether oxygens (including phenoxy) is 1. The Bertz CT molecular complexity index is 1180. The molecule has 1 heterocycles. The first-order valence-corrected chi connectivity index (χ1v) is 8.61. The van der Waals surface area contributed by atoms with E-state index in [0.717, 1.165) is 21.9 Å². The quantitative estimate of drug-likeness (QED) is 0.379. The normalized spacial score (nSPS) is 27.4. The first kappa shape index (κ1) is 13.8. The number of aliphatic hydroxyl groups excluding tert-OH is 2. The molecule has 1 fully saturated rings. The summed E-state index contributed by atoms with van der Waals surface area (Å²) in [6.45, 7) is 0. The lowest BCUT2D eigenvalue weighted by atomic mass is 9.85. The van der Waals surface area contributed by atoms with Crippen LogP contribution < -0.4 is 0 Å². The zero-order valence-corrected chi connectivity index (χ0v) is 13.4. The van der Waals surface area contributed by atoms with Gasteiger partial charge in [0.05, 0.1) is 0 Å². The Morgan fingerprint density at radius 1 is 0.640 bits per heavy atom. The highest BCUT2D eigenvalue weighted by atomic mass is 16.6. The molecule has 6 rings (SSSR count). The third-order valence-electron chi connectivity index (χ3n) is 5.67. The molecule has 25 heavy (non-hydrogen) atoms. The molecule has 0 spiro atoms. The van der Waals surface area contributed by atoms with Crippen molar-refractivity contribution in [3.8, 4) is 0 Å². The lowest BCUT2D eigenvalue weighted by Gasteiger charge is -2.24. The van der Waals surface area contributed by atoms with Crippen molar-refractivity contribution >= 4 is 32.3 Å². The van der Waals surface area contributed by atoms with Crippen LogP contribution >= 0.6 is 0 Å². The molecule has 122 valence electrons. The molecule has 1 saturated heterocycles. The topological polar surface area (TPSA) is 53.0 Å². The standard InChI is InChI=1S/C22H16O3/c23-19-17-9-15-7-13-5-11-3-1-2-4-12(11)6-14(13)8-16(15)10-18(17)21-22(25-21)20(19)24/h1-10,19-24H. The van der Waals surface area contributed by atoms with E-state index in [-0.39, 0.29) is 12.2 Å². The zero-order valence-electron chi connectivity index (χ0n) is 13.4. The summed E-state index contributed by atoms with van der Waals surface area (Å²) in [7, 11) is 0. The van der Waals surface area contributed by atoms with E-state index in [1.807, 2.05) is 6.07 Å². The number of rotatable bonds is 0. The summed E-state index contributed by atoms with van der Waals surface area (Å²) in [6, 6.07) is 21.3. The van der Waals surface area contributed by atoms with Crippen LogP contribution in [-0.2, 0) is 4.74 Å². The second-order valence-electron chi connectivity index (χ2n) is 7.18. The second-order valence-corrected chi connectivity index (χ2v) is 7.18. The Labute approximate surface area is 144 Å². The van der Waals surface area contributed by atoms with Crippen molar-refractivity contribution < 1.29 is 14.9 Å². The van der Waals surface area contributed by atoms with Gasteiger partial charge < -0.3 is 14.9 Å². The molecule has 0 radical (unpaired) electrons. The van der Waals surface area contributed by atoms with Crippen LogP contribution in [0.15, 0.2) is 60.7 Å². The van der Waals surface area contributed by atoms with E-state index >= 15 is 0 Å². The summed E-state index contributed by atoms with van der Waals surface area (Å²) in [6.07, 6.45) is -2.05. The minimum atomic E-state index is -0.879. The van der Waals surface area contributed by atoms with Crippen LogP contribution in [0.5, 0.6) is 0 Å². The number of hydrogen-bond acceptors (Lipinski definition) is 3. The molecule has 4 aromatic carbocycles. The Morgan fingerprint density at radius 3 is 1.80 bits per heavy atom. The average Bonchev–Trinajstić information content (AvgIpc) is 3.42. The lowest BCUT2D eigenvalue weighted by molar-refractivity contribution is 0.0000728. The van der Waals surface area contributed by atoms with E-state index in [1.165, 1.54) is 21.5 Å². The molecule has 0 aromatic heterocycles. The minimum Gasteiger partial charge on any atom is -0.387 e. The summed E-state index contributed by atoms with van der Waals surface area (Å²) in [5, 5.41) is 27.6. The molecular formula is C22H16O3. The molecular weight excluding hydrogens is 312 g/mol. The molecule has 3 nitrogen and oxygen atoms in total. The fourth-order valence-corrected chi connectivity index (χ4v) is 4.28. The fourth-order valence-electron chi connectivity index (χ4n) is 4.28. The van der Waals surface area contributed by atoms with Gasteiger partial charge in [-0.15, -0.1) is 0 Å². The predicted octanol–water partition coefficient (Wildman–Crippen LogP) is 3.99. The summed E-state index contributed by atoms with van der Waals surface area (Å²) in [5.74, 6) is 0. The maximum absolute atomic E-state index is 10.4. The number of fused-ring (bicyclic) bond motifs is 6. The van der Waals surface area contributed by atoms with E-state index in [4.69, 9.17) is 4.74 Å². The monoisotopic (exact) mass is 328 g/mol. The molecule has 4 unspecified atom stereocenters. The first-order valence-electron chi connectivity index (χ1n) is 8.61. The largest absolute Gasteiger partial charge is 0.387 e. The average molecular weight is 328 g/mol. The second kappa shape index (κ2) is 4.58. The van der Waals surface area contributed by atoms with Gasteiger partial charge in [-0.1, -0.05) is 24.3 Å². The van der Waals surface area contributed by atoms with Crippen LogP contribution in [0.3, 0.4) is 0 Å². The smallest absolute Gasteiger partial charge is 0.118 e. The van der Waals surface area contributed by atoms with Gasteiger partial charge >= 0.3 is 0 Å². The zero-order chi connectivity index (χ0) is 16.7. The van der Waals surface area contributed by atoms with Crippen molar-refractivity contribution in [2.75, 3.05) is 0 Å². The molecule has 2 N–H and O–H groups in total. The molecule has 1 aliphatic carbocycles. The summed E-state index contributed by atoms with van der Waals surface area (Å²) in [4.78, 5) is 0. The lowest BCUT2D eigenvalue weighted by Crippen LogP contribution is -2.28. The van der Waals surface area contributed by atoms with Gasteiger partial charge in [0, 0.05) is 0 Å². The van der Waals surface area contributed by atoms with Gasteiger partial charge in [-0.05, 0) is 79.8 Å². The van der Waals surface area contributed by atoms with Crippen LogP contribution in [0.25, 0.3) is 32.3 Å². The molecule has 0 amide bonds. The maximum Gasteiger partial charge on any atom is 0.118 e. The highest BCUT2D eigenvalue weighted by Gasteiger charge is 2.53. The minimum absolute atomic E-state index is 0.0786. The van der Waals surface area contributed by atoms with Gasteiger partial charge in [-0.25, -0.2) is 0 Å². The summed E-state index contributed by atoms with van der Waals surface area (Å²) < 4.78 is 5.57. The highest BCUT2D eigenvalue weighted by molar-refractivity contribution is 6.05. The van der Waals surface area contributed by atoms with E-state index < -0.39 is 12.2 Å². The highest BCUT2D eigenvalue weighted by Crippen LogP contribution is 2.51. The predicted molar refractivity (Wildman–Crippen MR) is 97.5 cm³/mol. The van der Waals surface area contributed by atoms with Gasteiger partial charge in [0.1, 0.15) is 24.4 Å². The Kier molecular flexibility index (Phi) is 2.53. The van der Waals surface area contributed by atoms with Crippen molar-refractivity contribution in [2.24, 2.45) is 0 Å². The Balaban J connectivity index is 1.65. The van der Waals surface area contributed by atoms with E-state index in [0.29, 0.717) is 0 Å². The molecule has 2 aliphatic rings. The molecule has 0 saturated carbocycles. The third kappa shape index (κ3) is 1.86. The molecule has 0 bridgehead atoms. The van der Waals surface area contributed by atoms with E-state index in [9.17, 15) is 10.2 Å². The van der Waals surface area contributed by atoms with Crippen LogP contribution in [0.2, 0.25) is 0 Å². The number of benzene rings is 4. The fraction of sp³-hybridized carbons (Fsp3) is 0.182. The van der Waals surface area contributed by atoms with Crippen LogP contribution in [0.4, 0.5) is 0 Å². The van der Waals surface area contributed by atoms with Crippen molar-refractivity contribution in [1.82, 2.24) is 0 Å². The van der Waals surface area contributed by atoms with Crippen LogP contribution in [0, 0.1) is 0 Å². The molecule has 3 heteroatoms. The van der Waals surface area contributed by atoms with Crippen LogP contribution in [0.1, 0.15) is 23.3 Å². The summed E-state index contributed by atoms with van der Waals surface area (Å²) >= 11 is 0. The Hall–Kier alpha value is -2.46. The summed E-state index contributed by atoms with van der Waals surface area (Å²) in [5.41, 5.74) is 1.80. The van der Waals surface area contributed by atoms with Gasteiger partial charge in [0.25, 0.3) is 0 Å². The first-order chi connectivity index (χ1) is 12.2. The molecule has 4 atom stereocenters. The van der Waals surface area contributed by atoms with E-state index in [2.05, 4.69) is 54.6 Å². The van der Waals surface area contributed by atoms with E-state index in [1.54, 1.807) is 0 Å². The van der Waals surface area contributed by atoms with Gasteiger partial charge in [0.2, 0.25) is 0 Å². The van der Waals surface area contributed by atoms with Crippen LogP contribution in [-0.4, -0.2) is 22.4 Å². The van der Waals surface area contributed by atoms with Crippen molar-refractivity contribution in [3.05, 3.63) is 71.8 Å². The Morgan fingerprint density at radius 2 is 1.16 bits per heavy atom. The van der Waals surface area contributed by atoms with Gasteiger partial charge in [-0.3, -0.25) is 0 Å². The van der Waals surface area contributed by atoms with Crippen molar-refractivity contribution in [1.29, 1.82) is 0 Å². The van der Waals surface area contributed by atoms with Gasteiger partial charge in [0.15, 0.2) is 0 Å². The third-order valence-corrected chi connectivity index (χ3v) is 5.67. The SMILES string of the molecule is OC1c2cc3cc4cc5ccccc5cc4cc3cc2C2OC2C1O. The van der Waals surface area contributed by atoms with Crippen molar-refractivity contribution in [2.45, 2.75) is 24.4 Å². The maximum atomic E-state index is 10.4.